The molecule has 0 spiro atoms. The standard InChI is InChI=1S/C13H24N2O3/c1-2-13(7-9-14-10-13)12(18)15-8-5-3-4-6-11(16)17/h14H,2-10H2,1H3,(H,15,18)(H,16,17). The Morgan fingerprint density at radius 3 is 2.67 bits per heavy atom. The van der Waals surface area contributed by atoms with Gasteiger partial charge in [0.05, 0.1) is 5.41 Å². The van der Waals surface area contributed by atoms with E-state index >= 15 is 0 Å². The summed E-state index contributed by atoms with van der Waals surface area (Å²) in [7, 11) is 0. The summed E-state index contributed by atoms with van der Waals surface area (Å²) in [5, 5.41) is 14.7. The molecule has 0 aromatic carbocycles. The topological polar surface area (TPSA) is 78.4 Å². The van der Waals surface area contributed by atoms with Gasteiger partial charge in [0.25, 0.3) is 0 Å². The van der Waals surface area contributed by atoms with Crippen molar-refractivity contribution < 1.29 is 14.7 Å². The van der Waals surface area contributed by atoms with Gasteiger partial charge < -0.3 is 15.7 Å². The van der Waals surface area contributed by atoms with Crippen LogP contribution in [0.4, 0.5) is 0 Å². The average Bonchev–Trinajstić information content (AvgIpc) is 2.83. The second kappa shape index (κ2) is 7.36. The molecule has 0 aromatic heterocycles. The van der Waals surface area contributed by atoms with E-state index in [1.807, 2.05) is 0 Å². The maximum absolute atomic E-state index is 12.1. The summed E-state index contributed by atoms with van der Waals surface area (Å²) in [6.07, 6.45) is 4.39. The third kappa shape index (κ3) is 4.29. The van der Waals surface area contributed by atoms with Gasteiger partial charge in [-0.2, -0.15) is 0 Å². The minimum absolute atomic E-state index is 0.147. The highest BCUT2D eigenvalue weighted by Crippen LogP contribution is 2.29. The van der Waals surface area contributed by atoms with Crippen molar-refractivity contribution in [1.29, 1.82) is 0 Å². The van der Waals surface area contributed by atoms with Crippen LogP contribution in [0.1, 0.15) is 45.4 Å². The van der Waals surface area contributed by atoms with Gasteiger partial charge in [-0.3, -0.25) is 9.59 Å². The molecule has 1 rings (SSSR count). The summed E-state index contributed by atoms with van der Waals surface area (Å²) in [5.74, 6) is -0.603. The monoisotopic (exact) mass is 256 g/mol. The second-order valence-corrected chi connectivity index (χ2v) is 5.02. The minimum atomic E-state index is -0.749. The highest BCUT2D eigenvalue weighted by Gasteiger charge is 2.38. The lowest BCUT2D eigenvalue weighted by molar-refractivity contribution is -0.137. The van der Waals surface area contributed by atoms with Crippen LogP contribution in [0.5, 0.6) is 0 Å². The van der Waals surface area contributed by atoms with E-state index < -0.39 is 5.97 Å². The zero-order valence-corrected chi connectivity index (χ0v) is 11.1. The fourth-order valence-corrected chi connectivity index (χ4v) is 2.37. The number of carboxylic acids is 1. The zero-order valence-electron chi connectivity index (χ0n) is 11.1. The van der Waals surface area contributed by atoms with Gasteiger partial charge >= 0.3 is 5.97 Å². The molecule has 1 atom stereocenters. The third-order valence-corrected chi connectivity index (χ3v) is 3.76. The van der Waals surface area contributed by atoms with Crippen molar-refractivity contribution in [3.05, 3.63) is 0 Å². The SMILES string of the molecule is CCC1(C(=O)NCCCCCC(=O)O)CCNC1. The summed E-state index contributed by atoms with van der Waals surface area (Å²) < 4.78 is 0. The van der Waals surface area contributed by atoms with Crippen molar-refractivity contribution in [2.75, 3.05) is 19.6 Å². The molecular formula is C13H24N2O3. The van der Waals surface area contributed by atoms with E-state index in [1.165, 1.54) is 0 Å². The lowest BCUT2D eigenvalue weighted by Crippen LogP contribution is -2.42. The molecule has 0 aliphatic carbocycles. The molecule has 1 saturated heterocycles. The van der Waals surface area contributed by atoms with Crippen LogP contribution in [-0.4, -0.2) is 36.6 Å². The predicted molar refractivity (Wildman–Crippen MR) is 69.3 cm³/mol. The summed E-state index contributed by atoms with van der Waals surface area (Å²) in [4.78, 5) is 22.4. The molecule has 1 unspecified atom stereocenters. The van der Waals surface area contributed by atoms with Gasteiger partial charge in [-0.1, -0.05) is 13.3 Å². The molecule has 0 radical (unpaired) electrons. The van der Waals surface area contributed by atoms with Gasteiger partial charge in [-0.15, -0.1) is 0 Å². The van der Waals surface area contributed by atoms with Crippen LogP contribution in [0.25, 0.3) is 0 Å². The highest BCUT2D eigenvalue weighted by atomic mass is 16.4. The Balaban J connectivity index is 2.15. The number of unbranched alkanes of at least 4 members (excludes halogenated alkanes) is 2. The number of hydrogen-bond donors (Lipinski definition) is 3. The van der Waals surface area contributed by atoms with Crippen LogP contribution >= 0.6 is 0 Å². The van der Waals surface area contributed by atoms with Crippen molar-refractivity contribution in [3.63, 3.8) is 0 Å². The number of carboxylic acid groups (broad SMARTS) is 1. The van der Waals surface area contributed by atoms with E-state index in [4.69, 9.17) is 5.11 Å². The Morgan fingerprint density at radius 2 is 2.11 bits per heavy atom. The van der Waals surface area contributed by atoms with E-state index in [-0.39, 0.29) is 17.7 Å². The van der Waals surface area contributed by atoms with Gasteiger partial charge in [0, 0.05) is 19.5 Å². The first-order chi connectivity index (χ1) is 8.60. The van der Waals surface area contributed by atoms with Crippen LogP contribution in [0, 0.1) is 5.41 Å². The van der Waals surface area contributed by atoms with Gasteiger partial charge in [0.15, 0.2) is 0 Å². The molecule has 104 valence electrons. The van der Waals surface area contributed by atoms with Crippen molar-refractivity contribution >= 4 is 11.9 Å². The van der Waals surface area contributed by atoms with E-state index in [2.05, 4.69) is 17.6 Å². The summed E-state index contributed by atoms with van der Waals surface area (Å²) >= 11 is 0. The average molecular weight is 256 g/mol. The first kappa shape index (κ1) is 15.0. The molecule has 1 fully saturated rings. The molecule has 1 heterocycles. The number of nitrogens with one attached hydrogen (secondary N) is 2. The largest absolute Gasteiger partial charge is 0.481 e. The maximum atomic E-state index is 12.1. The first-order valence-corrected chi connectivity index (χ1v) is 6.81. The number of hydrogen-bond acceptors (Lipinski definition) is 3. The van der Waals surface area contributed by atoms with Crippen molar-refractivity contribution in [1.82, 2.24) is 10.6 Å². The van der Waals surface area contributed by atoms with Gasteiger partial charge in [0.2, 0.25) is 5.91 Å². The smallest absolute Gasteiger partial charge is 0.303 e. The number of carbonyl (C=O) groups is 2. The molecule has 1 aliphatic heterocycles. The number of rotatable bonds is 8. The second-order valence-electron chi connectivity index (χ2n) is 5.02. The molecule has 18 heavy (non-hydrogen) atoms. The quantitative estimate of drug-likeness (QED) is 0.569. The molecule has 1 amide bonds. The molecule has 0 aromatic rings. The molecular weight excluding hydrogens is 232 g/mol. The Morgan fingerprint density at radius 1 is 1.33 bits per heavy atom. The van der Waals surface area contributed by atoms with Crippen LogP contribution in [0.3, 0.4) is 0 Å². The van der Waals surface area contributed by atoms with Crippen molar-refractivity contribution in [3.8, 4) is 0 Å². The minimum Gasteiger partial charge on any atom is -0.481 e. The van der Waals surface area contributed by atoms with Crippen molar-refractivity contribution in [2.45, 2.75) is 45.4 Å². The molecule has 5 nitrogen and oxygen atoms in total. The molecule has 0 saturated carbocycles. The zero-order chi connectivity index (χ0) is 13.4. The number of aliphatic carboxylic acids is 1. The van der Waals surface area contributed by atoms with Crippen LogP contribution in [-0.2, 0) is 9.59 Å². The first-order valence-electron chi connectivity index (χ1n) is 6.81. The predicted octanol–water partition coefficient (Wildman–Crippen LogP) is 1.14. The number of carbonyl (C=O) groups excluding carboxylic acids is 1. The Hall–Kier alpha value is -1.10. The Kier molecular flexibility index (Phi) is 6.12. The lowest BCUT2D eigenvalue weighted by Gasteiger charge is -2.25. The van der Waals surface area contributed by atoms with Gasteiger partial charge in [0.1, 0.15) is 0 Å². The summed E-state index contributed by atoms with van der Waals surface area (Å²) in [5.41, 5.74) is -0.221. The normalized spacial score (nSPS) is 22.9. The van der Waals surface area contributed by atoms with Crippen molar-refractivity contribution in [2.24, 2.45) is 5.41 Å². The van der Waals surface area contributed by atoms with E-state index in [0.717, 1.165) is 38.8 Å². The van der Waals surface area contributed by atoms with Crippen LogP contribution in [0.2, 0.25) is 0 Å². The Bertz CT molecular complexity index is 286. The highest BCUT2D eigenvalue weighted by molar-refractivity contribution is 5.83. The van der Waals surface area contributed by atoms with Gasteiger partial charge in [-0.05, 0) is 32.2 Å². The van der Waals surface area contributed by atoms with Crippen LogP contribution in [0.15, 0.2) is 0 Å². The molecule has 3 N–H and O–H groups in total. The lowest BCUT2D eigenvalue weighted by atomic mass is 9.83. The Labute approximate surface area is 108 Å². The molecule has 0 bridgehead atoms. The van der Waals surface area contributed by atoms with E-state index in [0.29, 0.717) is 13.0 Å². The van der Waals surface area contributed by atoms with E-state index in [1.54, 1.807) is 0 Å². The maximum Gasteiger partial charge on any atom is 0.303 e. The summed E-state index contributed by atoms with van der Waals surface area (Å²) in [6.45, 7) is 4.40. The van der Waals surface area contributed by atoms with E-state index in [9.17, 15) is 9.59 Å². The van der Waals surface area contributed by atoms with Gasteiger partial charge in [-0.25, -0.2) is 0 Å². The summed E-state index contributed by atoms with van der Waals surface area (Å²) in [6, 6.07) is 0. The number of amides is 1. The molecule has 5 heteroatoms. The van der Waals surface area contributed by atoms with Crippen LogP contribution < -0.4 is 10.6 Å². The fourth-order valence-electron chi connectivity index (χ4n) is 2.37. The fraction of sp³-hybridized carbons (Fsp3) is 0.846. The molecule has 1 aliphatic rings. The third-order valence-electron chi connectivity index (χ3n) is 3.76.